The Hall–Kier alpha value is -2.74. The largest absolute Gasteiger partial charge is 0.262 e. The van der Waals surface area contributed by atoms with Gasteiger partial charge in [-0.05, 0) is 57.7 Å². The Bertz CT molecular complexity index is 1030. The van der Waals surface area contributed by atoms with E-state index in [0.29, 0.717) is 0 Å². The van der Waals surface area contributed by atoms with Crippen molar-refractivity contribution in [2.75, 3.05) is 0 Å². The molecule has 0 aliphatic heterocycles. The minimum Gasteiger partial charge on any atom is -0.262 e. The lowest BCUT2D eigenvalue weighted by Crippen LogP contribution is -2.19. The second-order valence-electron chi connectivity index (χ2n) is 6.15. The first-order chi connectivity index (χ1) is 11.9. The van der Waals surface area contributed by atoms with Crippen LogP contribution in [-0.2, 0) is 12.8 Å². The van der Waals surface area contributed by atoms with Crippen LogP contribution in [0, 0.1) is 10.4 Å². The highest BCUT2D eigenvalue weighted by Crippen LogP contribution is 2.17. The molecule has 0 saturated carbocycles. The Morgan fingerprint density at radius 1 is 0.667 bits per heavy atom. The summed E-state index contributed by atoms with van der Waals surface area (Å²) in [5.41, 5.74) is 3.17. The molecule has 0 saturated heterocycles. The minimum absolute atomic E-state index is 1.10. The number of hydrogen-bond acceptors (Lipinski definition) is 2. The first-order valence-electron chi connectivity index (χ1n) is 8.54. The summed E-state index contributed by atoms with van der Waals surface area (Å²) in [6.45, 7) is 0. The fourth-order valence-electron chi connectivity index (χ4n) is 3.61. The molecule has 2 aliphatic carbocycles. The molecule has 0 atom stereocenters. The van der Waals surface area contributed by atoms with E-state index in [1.807, 2.05) is 0 Å². The van der Waals surface area contributed by atoms with Crippen molar-refractivity contribution in [2.24, 2.45) is 0 Å². The molecule has 1 heterocycles. The van der Waals surface area contributed by atoms with Crippen LogP contribution in [0.15, 0.2) is 61.2 Å². The lowest BCUT2D eigenvalue weighted by Gasteiger charge is -2.16. The first kappa shape index (κ1) is 14.8. The fraction of sp³-hybridized carbons (Fsp3) is 0.182. The van der Waals surface area contributed by atoms with Crippen molar-refractivity contribution in [3.8, 4) is 0 Å². The minimum atomic E-state index is 1.10. The van der Waals surface area contributed by atoms with Crippen LogP contribution >= 0.6 is 0 Å². The SMILES string of the molecule is C1=c2ccc3c(c2CCC1)CC=c1ccccc1=3.c1cnccn1. The normalized spacial score (nSPS) is 13.8. The van der Waals surface area contributed by atoms with Crippen molar-refractivity contribution in [1.29, 1.82) is 0 Å². The molecular formula is C22H20N2. The quantitative estimate of drug-likeness (QED) is 0.638. The van der Waals surface area contributed by atoms with Crippen molar-refractivity contribution in [3.63, 3.8) is 0 Å². The average molecular weight is 312 g/mol. The van der Waals surface area contributed by atoms with E-state index < -0.39 is 0 Å². The molecule has 0 amide bonds. The second kappa shape index (κ2) is 6.79. The van der Waals surface area contributed by atoms with E-state index in [1.54, 1.807) is 35.9 Å². The highest BCUT2D eigenvalue weighted by atomic mass is 14.7. The molecule has 0 radical (unpaired) electrons. The highest BCUT2D eigenvalue weighted by Gasteiger charge is 2.10. The molecule has 5 rings (SSSR count). The molecule has 118 valence electrons. The molecule has 0 spiro atoms. The van der Waals surface area contributed by atoms with Crippen LogP contribution in [-0.4, -0.2) is 9.97 Å². The molecule has 1 aromatic heterocycles. The summed E-state index contributed by atoms with van der Waals surface area (Å²) in [5.74, 6) is 0. The topological polar surface area (TPSA) is 25.8 Å². The van der Waals surface area contributed by atoms with Gasteiger partial charge in [-0.2, -0.15) is 0 Å². The summed E-state index contributed by atoms with van der Waals surface area (Å²) in [5, 5.41) is 5.74. The van der Waals surface area contributed by atoms with Gasteiger partial charge in [-0.3, -0.25) is 9.97 Å². The zero-order chi connectivity index (χ0) is 16.2. The summed E-state index contributed by atoms with van der Waals surface area (Å²) >= 11 is 0. The van der Waals surface area contributed by atoms with E-state index in [9.17, 15) is 0 Å². The standard InChI is InChI=1S/C18H16.C4H4N2/c1-3-7-15-13(5-1)9-11-18-16-8-4-2-6-14(16)10-12-17(15)18;1-2-6-4-3-5-1/h1,3,5-7,9-10,12H,2,4,8,11H2;1-4H. The van der Waals surface area contributed by atoms with Crippen LogP contribution in [0.1, 0.15) is 24.0 Å². The maximum Gasteiger partial charge on any atom is 0.0451 e. The summed E-state index contributed by atoms with van der Waals surface area (Å²) in [6.07, 6.45) is 16.2. The summed E-state index contributed by atoms with van der Waals surface area (Å²) in [4.78, 5) is 7.44. The van der Waals surface area contributed by atoms with Gasteiger partial charge in [-0.25, -0.2) is 0 Å². The van der Waals surface area contributed by atoms with Gasteiger partial charge in [0.1, 0.15) is 0 Å². The van der Waals surface area contributed by atoms with Crippen molar-refractivity contribution in [3.05, 3.63) is 93.2 Å². The molecule has 2 heteroatoms. The lowest BCUT2D eigenvalue weighted by atomic mass is 9.89. The third kappa shape index (κ3) is 2.88. The van der Waals surface area contributed by atoms with Crippen LogP contribution in [0.25, 0.3) is 12.2 Å². The third-order valence-electron chi connectivity index (χ3n) is 4.72. The predicted octanol–water partition coefficient (Wildman–Crippen LogP) is 2.90. The van der Waals surface area contributed by atoms with Gasteiger partial charge in [0, 0.05) is 24.8 Å². The number of hydrogen-bond donors (Lipinski definition) is 0. The van der Waals surface area contributed by atoms with Crippen LogP contribution in [0.5, 0.6) is 0 Å². The molecule has 2 aliphatic rings. The van der Waals surface area contributed by atoms with Crippen molar-refractivity contribution in [1.82, 2.24) is 9.97 Å². The Balaban J connectivity index is 0.000000207. The highest BCUT2D eigenvalue weighted by molar-refractivity contribution is 5.47. The summed E-state index contributed by atoms with van der Waals surface area (Å²) in [6, 6.07) is 13.4. The molecule has 0 fully saturated rings. The van der Waals surface area contributed by atoms with E-state index in [1.165, 1.54) is 40.1 Å². The van der Waals surface area contributed by atoms with E-state index in [2.05, 4.69) is 58.5 Å². The van der Waals surface area contributed by atoms with Crippen LogP contribution < -0.4 is 10.4 Å². The maximum atomic E-state index is 3.72. The van der Waals surface area contributed by atoms with Gasteiger partial charge in [0.15, 0.2) is 0 Å². The first-order valence-corrected chi connectivity index (χ1v) is 8.54. The predicted molar refractivity (Wildman–Crippen MR) is 97.4 cm³/mol. The summed E-state index contributed by atoms with van der Waals surface area (Å²) in [7, 11) is 0. The van der Waals surface area contributed by atoms with Gasteiger partial charge in [0.05, 0.1) is 0 Å². The zero-order valence-corrected chi connectivity index (χ0v) is 13.7. The van der Waals surface area contributed by atoms with Crippen molar-refractivity contribution >= 4 is 12.2 Å². The van der Waals surface area contributed by atoms with Crippen molar-refractivity contribution < 1.29 is 0 Å². The molecule has 0 N–H and O–H groups in total. The Labute approximate surface area is 141 Å². The molecule has 0 unspecified atom stereocenters. The number of rotatable bonds is 0. The van der Waals surface area contributed by atoms with Gasteiger partial charge < -0.3 is 0 Å². The Morgan fingerprint density at radius 2 is 1.46 bits per heavy atom. The van der Waals surface area contributed by atoms with E-state index in [4.69, 9.17) is 0 Å². The molecular weight excluding hydrogens is 292 g/mol. The third-order valence-corrected chi connectivity index (χ3v) is 4.72. The average Bonchev–Trinajstić information content (AvgIpc) is 2.69. The second-order valence-corrected chi connectivity index (χ2v) is 6.15. The smallest absolute Gasteiger partial charge is 0.0451 e. The van der Waals surface area contributed by atoms with Crippen LogP contribution in [0.4, 0.5) is 0 Å². The van der Waals surface area contributed by atoms with Gasteiger partial charge in [0.25, 0.3) is 0 Å². The molecule has 2 nitrogen and oxygen atoms in total. The number of fused-ring (bicyclic) bond motifs is 4. The van der Waals surface area contributed by atoms with Gasteiger partial charge in [-0.1, -0.05) is 48.6 Å². The molecule has 24 heavy (non-hydrogen) atoms. The van der Waals surface area contributed by atoms with Crippen LogP contribution in [0.2, 0.25) is 0 Å². The number of benzene rings is 2. The van der Waals surface area contributed by atoms with Crippen LogP contribution in [0.3, 0.4) is 0 Å². The Kier molecular flexibility index (Phi) is 4.20. The van der Waals surface area contributed by atoms with Gasteiger partial charge in [0.2, 0.25) is 0 Å². The Morgan fingerprint density at radius 3 is 2.25 bits per heavy atom. The molecule has 3 aromatic rings. The fourth-order valence-corrected chi connectivity index (χ4v) is 3.61. The number of nitrogens with zero attached hydrogens (tertiary/aromatic N) is 2. The monoisotopic (exact) mass is 312 g/mol. The molecule has 2 aromatic carbocycles. The number of aromatic nitrogens is 2. The van der Waals surface area contributed by atoms with E-state index in [0.717, 1.165) is 6.42 Å². The van der Waals surface area contributed by atoms with E-state index in [-0.39, 0.29) is 0 Å². The van der Waals surface area contributed by atoms with E-state index >= 15 is 0 Å². The zero-order valence-electron chi connectivity index (χ0n) is 13.7. The summed E-state index contributed by atoms with van der Waals surface area (Å²) < 4.78 is 0. The maximum absolute atomic E-state index is 3.72. The molecule has 0 bridgehead atoms. The lowest BCUT2D eigenvalue weighted by molar-refractivity contribution is 0.824. The van der Waals surface area contributed by atoms with Gasteiger partial charge in [-0.15, -0.1) is 0 Å². The van der Waals surface area contributed by atoms with Crippen molar-refractivity contribution in [2.45, 2.75) is 25.7 Å². The van der Waals surface area contributed by atoms with Gasteiger partial charge >= 0.3 is 0 Å².